The van der Waals surface area contributed by atoms with Gasteiger partial charge in [-0.1, -0.05) is 13.8 Å². The van der Waals surface area contributed by atoms with Gasteiger partial charge in [-0.2, -0.15) is 0 Å². The van der Waals surface area contributed by atoms with Gasteiger partial charge < -0.3 is 16.0 Å². The summed E-state index contributed by atoms with van der Waals surface area (Å²) in [6, 6.07) is -0.117. The molecule has 5 nitrogen and oxygen atoms in total. The molecule has 0 aromatic heterocycles. The number of carbonyl (C=O) groups is 2. The number of nitrogens with one attached hydrogen (secondary N) is 3. The van der Waals surface area contributed by atoms with Crippen LogP contribution in [0, 0.1) is 5.92 Å². The van der Waals surface area contributed by atoms with Crippen LogP contribution in [0.5, 0.6) is 0 Å². The summed E-state index contributed by atoms with van der Waals surface area (Å²) in [5.74, 6) is 0.452. The summed E-state index contributed by atoms with van der Waals surface area (Å²) in [5, 5.41) is 8.24. The van der Waals surface area contributed by atoms with Crippen LogP contribution in [0.25, 0.3) is 0 Å². The van der Waals surface area contributed by atoms with Gasteiger partial charge in [0.25, 0.3) is 0 Å². The highest BCUT2D eigenvalue weighted by atomic mass is 16.2. The van der Waals surface area contributed by atoms with Gasteiger partial charge in [0.15, 0.2) is 0 Å². The molecule has 3 N–H and O–H groups in total. The maximum absolute atomic E-state index is 11.2. The van der Waals surface area contributed by atoms with E-state index in [0.717, 1.165) is 12.8 Å². The summed E-state index contributed by atoms with van der Waals surface area (Å²) in [4.78, 5) is 21.7. The van der Waals surface area contributed by atoms with Crippen LogP contribution in [-0.4, -0.2) is 31.6 Å². The standard InChI is InChI=1S/C11H23N3O2/c1-9(2)8-14-11(16)13-7-5-4-6-12-10(3)15/h9H,4-8H2,1-3H3,(H,12,15)(H2,13,14,16). The van der Waals surface area contributed by atoms with Crippen LogP contribution in [0.1, 0.15) is 33.6 Å². The van der Waals surface area contributed by atoms with Gasteiger partial charge in [-0.15, -0.1) is 0 Å². The molecule has 0 unspecified atom stereocenters. The van der Waals surface area contributed by atoms with Crippen LogP contribution in [0.3, 0.4) is 0 Å². The highest BCUT2D eigenvalue weighted by molar-refractivity contribution is 5.73. The largest absolute Gasteiger partial charge is 0.356 e. The first kappa shape index (κ1) is 14.7. The van der Waals surface area contributed by atoms with Crippen molar-refractivity contribution in [2.75, 3.05) is 19.6 Å². The van der Waals surface area contributed by atoms with Gasteiger partial charge in [-0.25, -0.2) is 4.79 Å². The van der Waals surface area contributed by atoms with Crippen molar-refractivity contribution in [1.29, 1.82) is 0 Å². The van der Waals surface area contributed by atoms with Crippen molar-refractivity contribution in [2.24, 2.45) is 5.92 Å². The fourth-order valence-corrected chi connectivity index (χ4v) is 1.08. The Labute approximate surface area is 97.4 Å². The lowest BCUT2D eigenvalue weighted by atomic mass is 10.2. The molecule has 0 rings (SSSR count). The van der Waals surface area contributed by atoms with Gasteiger partial charge in [0.05, 0.1) is 0 Å². The van der Waals surface area contributed by atoms with Gasteiger partial charge in [0.1, 0.15) is 0 Å². The van der Waals surface area contributed by atoms with Gasteiger partial charge in [0.2, 0.25) is 5.91 Å². The molecular formula is C11H23N3O2. The van der Waals surface area contributed by atoms with E-state index in [1.807, 2.05) is 13.8 Å². The van der Waals surface area contributed by atoms with Crippen molar-refractivity contribution in [3.63, 3.8) is 0 Å². The minimum absolute atomic E-state index is 0.0114. The Kier molecular flexibility index (Phi) is 8.29. The first-order chi connectivity index (χ1) is 7.52. The molecule has 0 radical (unpaired) electrons. The minimum atomic E-state index is -0.117. The third kappa shape index (κ3) is 10.8. The number of rotatable bonds is 7. The number of amides is 3. The Morgan fingerprint density at radius 1 is 1.00 bits per heavy atom. The molecule has 0 bridgehead atoms. The lowest BCUT2D eigenvalue weighted by Crippen LogP contribution is -2.38. The van der Waals surface area contributed by atoms with Crippen LogP contribution in [0.15, 0.2) is 0 Å². The Hall–Kier alpha value is -1.26. The molecule has 0 heterocycles. The van der Waals surface area contributed by atoms with Gasteiger partial charge >= 0.3 is 6.03 Å². The fourth-order valence-electron chi connectivity index (χ4n) is 1.08. The molecular weight excluding hydrogens is 206 g/mol. The Bertz CT molecular complexity index is 217. The maximum Gasteiger partial charge on any atom is 0.314 e. The van der Waals surface area contributed by atoms with E-state index in [4.69, 9.17) is 0 Å². The van der Waals surface area contributed by atoms with Gasteiger partial charge in [-0.05, 0) is 18.8 Å². The van der Waals surface area contributed by atoms with Crippen molar-refractivity contribution >= 4 is 11.9 Å². The number of hydrogen-bond acceptors (Lipinski definition) is 2. The minimum Gasteiger partial charge on any atom is -0.356 e. The molecule has 0 atom stereocenters. The predicted octanol–water partition coefficient (Wildman–Crippen LogP) is 0.858. The zero-order valence-electron chi connectivity index (χ0n) is 10.4. The van der Waals surface area contributed by atoms with E-state index in [0.29, 0.717) is 25.6 Å². The third-order valence-electron chi connectivity index (χ3n) is 1.93. The van der Waals surface area contributed by atoms with E-state index in [-0.39, 0.29) is 11.9 Å². The summed E-state index contributed by atoms with van der Waals surface area (Å²) in [5.41, 5.74) is 0. The SMILES string of the molecule is CC(=O)NCCCCNC(=O)NCC(C)C. The number of unbranched alkanes of at least 4 members (excludes halogenated alkanes) is 1. The topological polar surface area (TPSA) is 70.2 Å². The maximum atomic E-state index is 11.2. The van der Waals surface area contributed by atoms with Crippen LogP contribution < -0.4 is 16.0 Å². The summed E-state index contributed by atoms with van der Waals surface area (Å²) in [7, 11) is 0. The molecule has 0 aliphatic heterocycles. The molecule has 0 aromatic rings. The second-order valence-electron chi connectivity index (χ2n) is 4.22. The molecule has 0 saturated carbocycles. The average molecular weight is 229 g/mol. The molecule has 5 heteroatoms. The Balaban J connectivity index is 3.24. The normalized spacial score (nSPS) is 10.0. The monoisotopic (exact) mass is 229 g/mol. The molecule has 0 aliphatic rings. The van der Waals surface area contributed by atoms with Gasteiger partial charge in [-0.3, -0.25) is 4.79 Å². The fraction of sp³-hybridized carbons (Fsp3) is 0.818. The van der Waals surface area contributed by atoms with Gasteiger partial charge in [0, 0.05) is 26.6 Å². The second kappa shape index (κ2) is 9.00. The van der Waals surface area contributed by atoms with Crippen LogP contribution in [0.4, 0.5) is 4.79 Å². The van der Waals surface area contributed by atoms with Crippen molar-refractivity contribution in [3.05, 3.63) is 0 Å². The predicted molar refractivity (Wildman–Crippen MR) is 64.2 cm³/mol. The van der Waals surface area contributed by atoms with Crippen molar-refractivity contribution in [1.82, 2.24) is 16.0 Å². The van der Waals surface area contributed by atoms with E-state index in [9.17, 15) is 9.59 Å². The van der Waals surface area contributed by atoms with E-state index in [2.05, 4.69) is 16.0 Å². The summed E-state index contributed by atoms with van der Waals surface area (Å²) < 4.78 is 0. The molecule has 0 saturated heterocycles. The molecule has 94 valence electrons. The number of urea groups is 1. The van der Waals surface area contributed by atoms with Crippen LogP contribution >= 0.6 is 0 Å². The van der Waals surface area contributed by atoms with Crippen molar-refractivity contribution in [2.45, 2.75) is 33.6 Å². The van der Waals surface area contributed by atoms with E-state index in [1.165, 1.54) is 6.92 Å². The van der Waals surface area contributed by atoms with Crippen LogP contribution in [0.2, 0.25) is 0 Å². The molecule has 16 heavy (non-hydrogen) atoms. The molecule has 0 aliphatic carbocycles. The highest BCUT2D eigenvalue weighted by Gasteiger charge is 2.00. The zero-order chi connectivity index (χ0) is 12.4. The smallest absolute Gasteiger partial charge is 0.314 e. The zero-order valence-corrected chi connectivity index (χ0v) is 10.4. The van der Waals surface area contributed by atoms with Crippen LogP contribution in [-0.2, 0) is 4.79 Å². The first-order valence-corrected chi connectivity index (χ1v) is 5.78. The summed E-state index contributed by atoms with van der Waals surface area (Å²) in [6.45, 7) is 7.60. The molecule has 0 aromatic carbocycles. The van der Waals surface area contributed by atoms with E-state index < -0.39 is 0 Å². The summed E-state index contributed by atoms with van der Waals surface area (Å²) in [6.07, 6.45) is 1.75. The van der Waals surface area contributed by atoms with E-state index in [1.54, 1.807) is 0 Å². The summed E-state index contributed by atoms with van der Waals surface area (Å²) >= 11 is 0. The lowest BCUT2D eigenvalue weighted by molar-refractivity contribution is -0.118. The van der Waals surface area contributed by atoms with Crippen molar-refractivity contribution < 1.29 is 9.59 Å². The second-order valence-corrected chi connectivity index (χ2v) is 4.22. The van der Waals surface area contributed by atoms with E-state index >= 15 is 0 Å². The number of hydrogen-bond donors (Lipinski definition) is 3. The average Bonchev–Trinajstić information content (AvgIpc) is 2.19. The lowest BCUT2D eigenvalue weighted by Gasteiger charge is -2.09. The Morgan fingerprint density at radius 3 is 2.06 bits per heavy atom. The highest BCUT2D eigenvalue weighted by Crippen LogP contribution is 1.87. The Morgan fingerprint density at radius 2 is 1.56 bits per heavy atom. The quantitative estimate of drug-likeness (QED) is 0.567. The van der Waals surface area contributed by atoms with Crippen molar-refractivity contribution in [3.8, 4) is 0 Å². The first-order valence-electron chi connectivity index (χ1n) is 5.78. The molecule has 0 spiro atoms. The third-order valence-corrected chi connectivity index (χ3v) is 1.93. The molecule has 0 fully saturated rings. The number of carbonyl (C=O) groups excluding carboxylic acids is 2. The molecule has 3 amide bonds.